The van der Waals surface area contributed by atoms with Gasteiger partial charge in [0.2, 0.25) is 0 Å². The van der Waals surface area contributed by atoms with Gasteiger partial charge in [-0.2, -0.15) is 52.7 Å². The fourth-order valence-electron chi connectivity index (χ4n) is 2.77. The summed E-state index contributed by atoms with van der Waals surface area (Å²) in [7, 11) is 0. The van der Waals surface area contributed by atoms with Gasteiger partial charge in [-0.1, -0.05) is 6.07 Å². The van der Waals surface area contributed by atoms with Crippen molar-refractivity contribution in [1.29, 1.82) is 0 Å². The van der Waals surface area contributed by atoms with Crippen LogP contribution >= 0.6 is 0 Å². The zero-order chi connectivity index (χ0) is 25.6. The van der Waals surface area contributed by atoms with Crippen molar-refractivity contribution < 1.29 is 80.0 Å². The fourth-order valence-corrected chi connectivity index (χ4v) is 2.77. The monoisotopic (exact) mass is 564 g/mol. The van der Waals surface area contributed by atoms with Crippen molar-refractivity contribution in [3.8, 4) is 0 Å². The van der Waals surface area contributed by atoms with Crippen molar-refractivity contribution in [2.24, 2.45) is 0 Å². The van der Waals surface area contributed by atoms with Crippen molar-refractivity contribution in [1.82, 2.24) is 4.98 Å². The van der Waals surface area contributed by atoms with Gasteiger partial charge >= 0.3 is 24.7 Å². The Hall–Kier alpha value is -2.03. The van der Waals surface area contributed by atoms with E-state index >= 15 is 0 Å². The number of aliphatic hydroxyl groups is 2. The average Bonchev–Trinajstić information content (AvgIpc) is 2.64. The van der Waals surface area contributed by atoms with Crippen LogP contribution in [0.15, 0.2) is 30.3 Å². The van der Waals surface area contributed by atoms with E-state index in [1.165, 1.54) is 0 Å². The average molecular weight is 565 g/mol. The van der Waals surface area contributed by atoms with Crippen molar-refractivity contribution in [2.45, 2.75) is 43.3 Å². The predicted octanol–water partition coefficient (Wildman–Crippen LogP) is 6.31. The normalized spacial score (nSPS) is 15.0. The van der Waals surface area contributed by atoms with Crippen LogP contribution in [0.25, 0.3) is 0 Å². The second-order valence-corrected chi connectivity index (χ2v) is 6.74. The number of alkyl halides is 12. The summed E-state index contributed by atoms with van der Waals surface area (Å²) in [5, 5.41) is 20.1. The first-order valence-electron chi connectivity index (χ1n) is 8.52. The summed E-state index contributed by atoms with van der Waals surface area (Å²) in [4.78, 5) is 2.42. The maximum Gasteiger partial charge on any atom is 0.433 e. The van der Waals surface area contributed by atoms with Crippen LogP contribution in [0.4, 0.5) is 52.7 Å². The van der Waals surface area contributed by atoms with E-state index < -0.39 is 77.0 Å². The standard InChI is InChI=1S/C18H11F12NO2.Cu/c19-15(20,21)8-3-7(4-9(5-8)16(22,23)24)11(32)6-12(33)10-1-2-13(17(25,26)27)31-14(10)18(28,29)30;/h1-5,11-12,32-33H,6H2;. The second-order valence-electron chi connectivity index (χ2n) is 6.74. The summed E-state index contributed by atoms with van der Waals surface area (Å²) in [5.74, 6) is 0. The Balaban J connectivity index is 0.00000578. The minimum Gasteiger partial charge on any atom is -0.388 e. The second kappa shape index (κ2) is 9.91. The predicted molar refractivity (Wildman–Crippen MR) is 85.2 cm³/mol. The fraction of sp³-hybridized carbons (Fsp3) is 0.389. The molecule has 0 aliphatic rings. The van der Waals surface area contributed by atoms with Crippen LogP contribution in [0.2, 0.25) is 0 Å². The zero-order valence-electron chi connectivity index (χ0n) is 15.9. The van der Waals surface area contributed by atoms with Crippen molar-refractivity contribution >= 4 is 0 Å². The Labute approximate surface area is 192 Å². The van der Waals surface area contributed by atoms with E-state index in [0.717, 1.165) is 0 Å². The summed E-state index contributed by atoms with van der Waals surface area (Å²) in [6.07, 6.45) is -27.4. The van der Waals surface area contributed by atoms with Gasteiger partial charge in [0.1, 0.15) is 5.69 Å². The number of aliphatic hydroxyl groups excluding tert-OH is 2. The van der Waals surface area contributed by atoms with Gasteiger partial charge in [0, 0.05) is 29.1 Å². The molecule has 2 rings (SSSR count). The molecule has 0 fully saturated rings. The minimum absolute atomic E-state index is 0. The van der Waals surface area contributed by atoms with Crippen LogP contribution in [0.1, 0.15) is 52.3 Å². The maximum absolute atomic E-state index is 13.2. The molecule has 16 heteroatoms. The molecule has 2 unspecified atom stereocenters. The number of pyridine rings is 1. The molecule has 0 spiro atoms. The Morgan fingerprint density at radius 2 is 1.12 bits per heavy atom. The van der Waals surface area contributed by atoms with Gasteiger partial charge in [0.25, 0.3) is 0 Å². The topological polar surface area (TPSA) is 53.4 Å². The summed E-state index contributed by atoms with van der Waals surface area (Å²) in [5.41, 5.74) is -10.1. The molecular weight excluding hydrogens is 554 g/mol. The Kier molecular flexibility index (Phi) is 8.75. The molecule has 0 saturated carbocycles. The van der Waals surface area contributed by atoms with Crippen LogP contribution in [-0.4, -0.2) is 15.2 Å². The zero-order valence-corrected chi connectivity index (χ0v) is 16.9. The van der Waals surface area contributed by atoms with Crippen LogP contribution in [0.5, 0.6) is 0 Å². The summed E-state index contributed by atoms with van der Waals surface area (Å²) in [6.45, 7) is 0. The largest absolute Gasteiger partial charge is 0.433 e. The summed E-state index contributed by atoms with van der Waals surface area (Å²) in [6, 6.07) is 0.230. The van der Waals surface area contributed by atoms with Crippen LogP contribution in [-0.2, 0) is 41.8 Å². The molecule has 195 valence electrons. The molecular formula is C18H11CuF12NO2. The van der Waals surface area contributed by atoms with Gasteiger partial charge < -0.3 is 10.2 Å². The molecule has 0 bridgehead atoms. The number of benzene rings is 1. The van der Waals surface area contributed by atoms with E-state index in [2.05, 4.69) is 4.98 Å². The Bertz CT molecular complexity index is 966. The molecule has 1 aromatic heterocycles. The number of halogens is 12. The van der Waals surface area contributed by atoms with Gasteiger partial charge in [-0.05, 0) is 29.8 Å². The van der Waals surface area contributed by atoms with E-state index in [1.807, 2.05) is 0 Å². The van der Waals surface area contributed by atoms with Crippen LogP contribution in [0, 0.1) is 0 Å². The Morgan fingerprint density at radius 1 is 0.647 bits per heavy atom. The molecule has 0 aliphatic carbocycles. The molecule has 1 aromatic carbocycles. The van der Waals surface area contributed by atoms with Crippen molar-refractivity contribution in [3.63, 3.8) is 0 Å². The molecule has 2 aromatic rings. The third-order valence-electron chi connectivity index (χ3n) is 4.29. The molecule has 1 radical (unpaired) electrons. The van der Waals surface area contributed by atoms with E-state index in [-0.39, 0.29) is 47.4 Å². The van der Waals surface area contributed by atoms with E-state index in [1.54, 1.807) is 0 Å². The number of nitrogens with zero attached hydrogens (tertiary/aromatic N) is 1. The summed E-state index contributed by atoms with van der Waals surface area (Å²) < 4.78 is 155. The van der Waals surface area contributed by atoms with Crippen LogP contribution in [0.3, 0.4) is 0 Å². The maximum atomic E-state index is 13.2. The van der Waals surface area contributed by atoms with Crippen molar-refractivity contribution in [3.05, 3.63) is 64.0 Å². The minimum atomic E-state index is -5.51. The van der Waals surface area contributed by atoms with Crippen LogP contribution < -0.4 is 0 Å². The van der Waals surface area contributed by atoms with Crippen molar-refractivity contribution in [2.75, 3.05) is 0 Å². The first kappa shape index (κ1) is 30.0. The molecule has 34 heavy (non-hydrogen) atoms. The van der Waals surface area contributed by atoms with Gasteiger partial charge in [-0.25, -0.2) is 4.98 Å². The first-order chi connectivity index (χ1) is 14.7. The Morgan fingerprint density at radius 3 is 1.50 bits per heavy atom. The number of hydrogen-bond donors (Lipinski definition) is 2. The third-order valence-corrected chi connectivity index (χ3v) is 4.29. The van der Waals surface area contributed by atoms with Gasteiger partial charge in [-0.15, -0.1) is 0 Å². The van der Waals surface area contributed by atoms with E-state index in [0.29, 0.717) is 0 Å². The smallest absolute Gasteiger partial charge is 0.388 e. The number of hydrogen-bond acceptors (Lipinski definition) is 3. The third kappa shape index (κ3) is 7.23. The van der Waals surface area contributed by atoms with Gasteiger partial charge in [-0.3, -0.25) is 0 Å². The number of rotatable bonds is 4. The number of aromatic nitrogens is 1. The summed E-state index contributed by atoms with van der Waals surface area (Å²) >= 11 is 0. The molecule has 0 amide bonds. The van der Waals surface area contributed by atoms with E-state index in [4.69, 9.17) is 0 Å². The molecule has 3 nitrogen and oxygen atoms in total. The van der Waals surface area contributed by atoms with Gasteiger partial charge in [0.15, 0.2) is 5.69 Å². The molecule has 1 heterocycles. The first-order valence-corrected chi connectivity index (χ1v) is 8.52. The SMILES string of the molecule is OC(CC(O)c1ccc(C(F)(F)F)nc1C(F)(F)F)c1cc(C(F)(F)F)cc(C(F)(F)F)c1.[Cu]. The van der Waals surface area contributed by atoms with Gasteiger partial charge in [0.05, 0.1) is 23.3 Å². The quantitative estimate of drug-likeness (QED) is 0.338. The molecule has 0 saturated heterocycles. The molecule has 0 aliphatic heterocycles. The molecule has 2 atom stereocenters. The molecule has 2 N–H and O–H groups in total. The van der Waals surface area contributed by atoms with E-state index in [9.17, 15) is 62.9 Å².